The first kappa shape index (κ1) is 11.7. The van der Waals surface area contributed by atoms with E-state index in [1.54, 1.807) is 4.90 Å². The number of nitriles is 1. The minimum atomic E-state index is -0.625. The van der Waals surface area contributed by atoms with E-state index >= 15 is 0 Å². The molecule has 1 atom stereocenters. The van der Waals surface area contributed by atoms with Crippen LogP contribution in [0.4, 0.5) is 4.79 Å². The van der Waals surface area contributed by atoms with E-state index in [9.17, 15) is 4.79 Å². The van der Waals surface area contributed by atoms with Gasteiger partial charge in [0.05, 0.1) is 0 Å². The molecule has 0 spiro atoms. The van der Waals surface area contributed by atoms with Crippen LogP contribution in [-0.4, -0.2) is 30.4 Å². The molecule has 0 radical (unpaired) electrons. The fourth-order valence-corrected chi connectivity index (χ4v) is 2.11. The molecule has 2 aliphatic heterocycles. The number of carbonyl (C=O) groups excluding carboxylic acids is 1. The highest BCUT2D eigenvalue weighted by Crippen LogP contribution is 2.33. The van der Waals surface area contributed by atoms with E-state index < -0.39 is 12.2 Å². The van der Waals surface area contributed by atoms with Crippen LogP contribution in [0.1, 0.15) is 12.0 Å². The predicted octanol–water partition coefficient (Wildman–Crippen LogP) is 1.65. The molecule has 0 saturated carbocycles. The number of nitrogens with zero attached hydrogens (tertiary/aromatic N) is 2. The summed E-state index contributed by atoms with van der Waals surface area (Å²) >= 11 is 0. The minimum Gasteiger partial charge on any atom is -0.454 e. The Hall–Kier alpha value is -2.42. The van der Waals surface area contributed by atoms with Crippen molar-refractivity contribution in [3.8, 4) is 17.6 Å². The number of hydrogen-bond acceptors (Lipinski definition) is 5. The summed E-state index contributed by atoms with van der Waals surface area (Å²) in [7, 11) is 0. The molecule has 1 amide bonds. The zero-order valence-corrected chi connectivity index (χ0v) is 10.2. The second kappa shape index (κ2) is 4.69. The van der Waals surface area contributed by atoms with Crippen LogP contribution < -0.4 is 9.47 Å². The van der Waals surface area contributed by atoms with Crippen LogP contribution in [0.2, 0.25) is 0 Å². The second-order valence-electron chi connectivity index (χ2n) is 4.40. The molecule has 0 bridgehead atoms. The highest BCUT2D eigenvalue weighted by molar-refractivity contribution is 5.69. The summed E-state index contributed by atoms with van der Waals surface area (Å²) in [4.78, 5) is 13.3. The van der Waals surface area contributed by atoms with Crippen LogP contribution in [0.5, 0.6) is 11.5 Å². The molecule has 98 valence electrons. The number of amides is 1. The summed E-state index contributed by atoms with van der Waals surface area (Å²) in [5.74, 6) is 1.41. The fourth-order valence-electron chi connectivity index (χ4n) is 2.11. The number of ether oxygens (including phenoxy) is 3. The third-order valence-corrected chi connectivity index (χ3v) is 3.12. The van der Waals surface area contributed by atoms with Crippen LogP contribution in [0.3, 0.4) is 0 Å². The minimum absolute atomic E-state index is 0.231. The van der Waals surface area contributed by atoms with Gasteiger partial charge in [-0.05, 0) is 17.7 Å². The third kappa shape index (κ3) is 2.27. The highest BCUT2D eigenvalue weighted by atomic mass is 16.7. The summed E-state index contributed by atoms with van der Waals surface area (Å²) in [6.07, 6.45) is -0.539. The monoisotopic (exact) mass is 260 g/mol. The Bertz CT molecular complexity index is 552. The average molecular weight is 260 g/mol. The van der Waals surface area contributed by atoms with Crippen molar-refractivity contribution < 1.29 is 19.0 Å². The predicted molar refractivity (Wildman–Crippen MR) is 63.5 cm³/mol. The van der Waals surface area contributed by atoms with Crippen LogP contribution >= 0.6 is 0 Å². The van der Waals surface area contributed by atoms with E-state index in [-0.39, 0.29) is 6.79 Å². The highest BCUT2D eigenvalue weighted by Gasteiger charge is 2.27. The maximum Gasteiger partial charge on any atom is 0.411 e. The lowest BCUT2D eigenvalue weighted by Crippen LogP contribution is -2.40. The Labute approximate surface area is 110 Å². The van der Waals surface area contributed by atoms with Crippen molar-refractivity contribution >= 4 is 6.09 Å². The third-order valence-electron chi connectivity index (χ3n) is 3.12. The standard InChI is InChI=1S/C13H12N2O4/c14-6-10-3-4-15(13(16)19-10)7-9-1-2-11-12(5-9)18-8-17-11/h1-2,5,10H,3-4,7-8H2. The van der Waals surface area contributed by atoms with Crippen molar-refractivity contribution in [3.05, 3.63) is 23.8 Å². The Kier molecular flexibility index (Phi) is 2.88. The van der Waals surface area contributed by atoms with Gasteiger partial charge in [-0.3, -0.25) is 0 Å². The van der Waals surface area contributed by atoms with Gasteiger partial charge in [0.15, 0.2) is 17.6 Å². The summed E-state index contributed by atoms with van der Waals surface area (Å²) in [6.45, 7) is 1.19. The normalized spacial score (nSPS) is 20.9. The molecule has 0 N–H and O–H groups in total. The topological polar surface area (TPSA) is 71.8 Å². The number of carbonyl (C=O) groups is 1. The van der Waals surface area contributed by atoms with Gasteiger partial charge in [0.25, 0.3) is 0 Å². The number of cyclic esters (lactones) is 1. The largest absolute Gasteiger partial charge is 0.454 e. The molecule has 2 aliphatic rings. The fraction of sp³-hybridized carbons (Fsp3) is 0.385. The van der Waals surface area contributed by atoms with Crippen molar-refractivity contribution in [2.45, 2.75) is 19.1 Å². The lowest BCUT2D eigenvalue weighted by Gasteiger charge is -2.28. The summed E-state index contributed by atoms with van der Waals surface area (Å²) in [6, 6.07) is 7.51. The molecule has 1 saturated heterocycles. The lowest BCUT2D eigenvalue weighted by atomic mass is 10.1. The first-order chi connectivity index (χ1) is 9.26. The zero-order chi connectivity index (χ0) is 13.2. The Morgan fingerprint density at radius 3 is 3.00 bits per heavy atom. The van der Waals surface area contributed by atoms with E-state index in [4.69, 9.17) is 19.5 Å². The molecule has 6 nitrogen and oxygen atoms in total. The summed E-state index contributed by atoms with van der Waals surface area (Å²) in [5.41, 5.74) is 0.941. The average Bonchev–Trinajstić information content (AvgIpc) is 2.88. The van der Waals surface area contributed by atoms with Gasteiger partial charge >= 0.3 is 6.09 Å². The molecule has 0 aromatic heterocycles. The van der Waals surface area contributed by atoms with E-state index in [2.05, 4.69) is 0 Å². The molecular weight excluding hydrogens is 248 g/mol. The van der Waals surface area contributed by atoms with E-state index in [1.165, 1.54) is 0 Å². The van der Waals surface area contributed by atoms with Crippen LogP contribution in [-0.2, 0) is 11.3 Å². The van der Waals surface area contributed by atoms with Gasteiger partial charge in [-0.15, -0.1) is 0 Å². The van der Waals surface area contributed by atoms with Gasteiger partial charge in [0, 0.05) is 19.5 Å². The molecule has 1 aromatic carbocycles. The molecule has 0 aliphatic carbocycles. The maximum absolute atomic E-state index is 11.7. The second-order valence-corrected chi connectivity index (χ2v) is 4.40. The van der Waals surface area contributed by atoms with Crippen molar-refractivity contribution in [2.75, 3.05) is 13.3 Å². The number of fused-ring (bicyclic) bond motifs is 1. The van der Waals surface area contributed by atoms with Crippen LogP contribution in [0.25, 0.3) is 0 Å². The molecule has 19 heavy (non-hydrogen) atoms. The van der Waals surface area contributed by atoms with Crippen LogP contribution in [0.15, 0.2) is 18.2 Å². The molecule has 1 fully saturated rings. The van der Waals surface area contributed by atoms with Crippen molar-refractivity contribution in [1.29, 1.82) is 5.26 Å². The van der Waals surface area contributed by atoms with Crippen LogP contribution in [0, 0.1) is 11.3 Å². The first-order valence-corrected chi connectivity index (χ1v) is 6.00. The quantitative estimate of drug-likeness (QED) is 0.808. The van der Waals surface area contributed by atoms with Gasteiger partial charge < -0.3 is 19.1 Å². The van der Waals surface area contributed by atoms with Gasteiger partial charge in [0.1, 0.15) is 6.07 Å². The SMILES string of the molecule is N#CC1CCN(Cc2ccc3c(c2)OCO3)C(=O)O1. The Morgan fingerprint density at radius 2 is 2.21 bits per heavy atom. The smallest absolute Gasteiger partial charge is 0.411 e. The van der Waals surface area contributed by atoms with E-state index in [1.807, 2.05) is 24.3 Å². The van der Waals surface area contributed by atoms with Gasteiger partial charge in [-0.1, -0.05) is 6.07 Å². The van der Waals surface area contributed by atoms with Crippen molar-refractivity contribution in [1.82, 2.24) is 4.90 Å². The Morgan fingerprint density at radius 1 is 1.37 bits per heavy atom. The molecule has 1 aromatic rings. The number of rotatable bonds is 2. The molecule has 1 unspecified atom stereocenters. The molecule has 6 heteroatoms. The van der Waals surface area contributed by atoms with Gasteiger partial charge in [0.2, 0.25) is 6.79 Å². The van der Waals surface area contributed by atoms with E-state index in [0.29, 0.717) is 25.3 Å². The molecule has 3 rings (SSSR count). The number of hydrogen-bond donors (Lipinski definition) is 0. The summed E-state index contributed by atoms with van der Waals surface area (Å²) in [5, 5.41) is 8.71. The van der Waals surface area contributed by atoms with Crippen molar-refractivity contribution in [3.63, 3.8) is 0 Å². The molecular formula is C13H12N2O4. The number of benzene rings is 1. The van der Waals surface area contributed by atoms with Crippen molar-refractivity contribution in [2.24, 2.45) is 0 Å². The van der Waals surface area contributed by atoms with Gasteiger partial charge in [-0.25, -0.2) is 4.79 Å². The first-order valence-electron chi connectivity index (χ1n) is 6.00. The van der Waals surface area contributed by atoms with Gasteiger partial charge in [-0.2, -0.15) is 5.26 Å². The maximum atomic E-state index is 11.7. The Balaban J connectivity index is 1.69. The molecule has 2 heterocycles. The summed E-state index contributed by atoms with van der Waals surface area (Å²) < 4.78 is 15.5. The van der Waals surface area contributed by atoms with E-state index in [0.717, 1.165) is 11.3 Å². The lowest BCUT2D eigenvalue weighted by molar-refractivity contribution is 0.0448. The zero-order valence-electron chi connectivity index (χ0n) is 10.2.